The van der Waals surface area contributed by atoms with Gasteiger partial charge in [0.05, 0.1) is 22.2 Å². The monoisotopic (exact) mass is 219 g/mol. The third kappa shape index (κ3) is 1.94. The van der Waals surface area contributed by atoms with Crippen molar-refractivity contribution in [2.24, 2.45) is 0 Å². The summed E-state index contributed by atoms with van der Waals surface area (Å²) in [5, 5.41) is 10.5. The molecular weight excluding hydrogens is 206 g/mol. The standard InChI is InChI=1S/C12H13NOS/c1-3-9(8(2)14)12-13-10-6-4-5-7-11(10)15-12/h3-9,14H,1H2,2H3/t8-,9+/m0/s1. The summed E-state index contributed by atoms with van der Waals surface area (Å²) in [6, 6.07) is 7.99. The van der Waals surface area contributed by atoms with E-state index >= 15 is 0 Å². The van der Waals surface area contributed by atoms with E-state index in [2.05, 4.69) is 11.6 Å². The number of hydrogen-bond acceptors (Lipinski definition) is 3. The summed E-state index contributed by atoms with van der Waals surface area (Å²) in [4.78, 5) is 4.49. The molecule has 2 atom stereocenters. The second kappa shape index (κ2) is 4.13. The van der Waals surface area contributed by atoms with E-state index < -0.39 is 6.10 Å². The van der Waals surface area contributed by atoms with Crippen LogP contribution < -0.4 is 0 Å². The van der Waals surface area contributed by atoms with Crippen molar-refractivity contribution >= 4 is 21.6 Å². The Morgan fingerprint density at radius 3 is 2.80 bits per heavy atom. The fourth-order valence-electron chi connectivity index (χ4n) is 1.54. The van der Waals surface area contributed by atoms with Gasteiger partial charge in [0.25, 0.3) is 0 Å². The Bertz CT molecular complexity index is 442. The maximum atomic E-state index is 9.59. The Morgan fingerprint density at radius 1 is 1.47 bits per heavy atom. The van der Waals surface area contributed by atoms with Crippen LogP contribution in [0.15, 0.2) is 36.9 Å². The van der Waals surface area contributed by atoms with Crippen molar-refractivity contribution in [3.05, 3.63) is 41.9 Å². The van der Waals surface area contributed by atoms with Crippen molar-refractivity contribution in [3.63, 3.8) is 0 Å². The molecule has 2 nitrogen and oxygen atoms in total. The van der Waals surface area contributed by atoms with Gasteiger partial charge < -0.3 is 5.11 Å². The first-order valence-corrected chi connectivity index (χ1v) is 5.70. The van der Waals surface area contributed by atoms with Gasteiger partial charge >= 0.3 is 0 Å². The summed E-state index contributed by atoms with van der Waals surface area (Å²) in [6.07, 6.45) is 1.31. The fourth-order valence-corrected chi connectivity index (χ4v) is 2.70. The highest BCUT2D eigenvalue weighted by molar-refractivity contribution is 7.18. The molecule has 2 rings (SSSR count). The van der Waals surface area contributed by atoms with E-state index in [-0.39, 0.29) is 5.92 Å². The fraction of sp³-hybridized carbons (Fsp3) is 0.250. The summed E-state index contributed by atoms with van der Waals surface area (Å²) >= 11 is 1.62. The number of benzene rings is 1. The normalized spacial score (nSPS) is 15.1. The Balaban J connectivity index is 2.47. The van der Waals surface area contributed by atoms with Gasteiger partial charge in [-0.15, -0.1) is 17.9 Å². The second-order valence-electron chi connectivity index (χ2n) is 3.52. The van der Waals surface area contributed by atoms with Crippen LogP contribution in [-0.2, 0) is 0 Å². The van der Waals surface area contributed by atoms with E-state index in [1.54, 1.807) is 24.3 Å². The molecule has 0 aliphatic rings. The number of nitrogens with zero attached hydrogens (tertiary/aromatic N) is 1. The molecule has 0 saturated carbocycles. The number of para-hydroxylation sites is 1. The van der Waals surface area contributed by atoms with Crippen molar-refractivity contribution < 1.29 is 5.11 Å². The van der Waals surface area contributed by atoms with Gasteiger partial charge in [-0.1, -0.05) is 18.2 Å². The smallest absolute Gasteiger partial charge is 0.103 e. The third-order valence-electron chi connectivity index (χ3n) is 2.37. The van der Waals surface area contributed by atoms with Gasteiger partial charge in [-0.2, -0.15) is 0 Å². The average Bonchev–Trinajstić information content (AvgIpc) is 2.61. The van der Waals surface area contributed by atoms with Crippen LogP contribution in [0.3, 0.4) is 0 Å². The van der Waals surface area contributed by atoms with Gasteiger partial charge in [-0.25, -0.2) is 4.98 Å². The van der Waals surface area contributed by atoms with Gasteiger partial charge in [0, 0.05) is 0 Å². The molecule has 2 aromatic rings. The highest BCUT2D eigenvalue weighted by Crippen LogP contribution is 2.29. The number of rotatable bonds is 3. The molecule has 0 unspecified atom stereocenters. The third-order valence-corrected chi connectivity index (χ3v) is 3.51. The van der Waals surface area contributed by atoms with E-state index in [0.29, 0.717) is 0 Å². The minimum Gasteiger partial charge on any atom is -0.392 e. The predicted molar refractivity (Wildman–Crippen MR) is 64.2 cm³/mol. The van der Waals surface area contributed by atoms with Crippen LogP contribution in [0.4, 0.5) is 0 Å². The van der Waals surface area contributed by atoms with Crippen LogP contribution in [0.1, 0.15) is 17.8 Å². The molecule has 1 N–H and O–H groups in total. The Kier molecular flexibility index (Phi) is 2.84. The summed E-state index contributed by atoms with van der Waals surface area (Å²) in [7, 11) is 0. The summed E-state index contributed by atoms with van der Waals surface area (Å²) in [6.45, 7) is 5.50. The van der Waals surface area contributed by atoms with Crippen LogP contribution in [0, 0.1) is 0 Å². The zero-order chi connectivity index (χ0) is 10.8. The van der Waals surface area contributed by atoms with Crippen molar-refractivity contribution in [2.75, 3.05) is 0 Å². The highest BCUT2D eigenvalue weighted by atomic mass is 32.1. The molecule has 0 radical (unpaired) electrons. The Morgan fingerprint density at radius 2 is 2.20 bits per heavy atom. The van der Waals surface area contributed by atoms with Crippen molar-refractivity contribution in [1.29, 1.82) is 0 Å². The van der Waals surface area contributed by atoms with Gasteiger partial charge in [-0.3, -0.25) is 0 Å². The summed E-state index contributed by atoms with van der Waals surface area (Å²) < 4.78 is 1.15. The molecule has 0 aliphatic carbocycles. The molecule has 0 fully saturated rings. The maximum absolute atomic E-state index is 9.59. The lowest BCUT2D eigenvalue weighted by Crippen LogP contribution is -2.11. The Hall–Kier alpha value is -1.19. The highest BCUT2D eigenvalue weighted by Gasteiger charge is 2.17. The number of hydrogen-bond donors (Lipinski definition) is 1. The minimum atomic E-state index is -0.442. The molecule has 1 aromatic carbocycles. The molecule has 0 amide bonds. The van der Waals surface area contributed by atoms with Crippen molar-refractivity contribution in [2.45, 2.75) is 18.9 Å². The molecule has 78 valence electrons. The number of aliphatic hydroxyl groups excluding tert-OH is 1. The lowest BCUT2D eigenvalue weighted by atomic mass is 10.1. The number of aliphatic hydroxyl groups is 1. The van der Waals surface area contributed by atoms with Crippen molar-refractivity contribution in [1.82, 2.24) is 4.98 Å². The van der Waals surface area contributed by atoms with Crippen LogP contribution in [-0.4, -0.2) is 16.2 Å². The molecule has 0 aliphatic heterocycles. The van der Waals surface area contributed by atoms with E-state index in [4.69, 9.17) is 0 Å². The number of aromatic nitrogens is 1. The first-order chi connectivity index (χ1) is 7.22. The molecular formula is C12H13NOS. The maximum Gasteiger partial charge on any atom is 0.103 e. The van der Waals surface area contributed by atoms with Crippen LogP contribution in [0.25, 0.3) is 10.2 Å². The number of thiazole rings is 1. The largest absolute Gasteiger partial charge is 0.392 e. The minimum absolute atomic E-state index is 0.0672. The van der Waals surface area contributed by atoms with Crippen molar-refractivity contribution in [3.8, 4) is 0 Å². The van der Waals surface area contributed by atoms with Gasteiger partial charge in [-0.05, 0) is 19.1 Å². The first-order valence-electron chi connectivity index (χ1n) is 4.88. The summed E-state index contributed by atoms with van der Waals surface area (Å²) in [5.41, 5.74) is 0.991. The molecule has 0 saturated heterocycles. The SMILES string of the molecule is C=C[C@@H](c1nc2ccccc2s1)[C@H](C)O. The van der Waals surface area contributed by atoms with Crippen LogP contribution in [0.2, 0.25) is 0 Å². The zero-order valence-corrected chi connectivity index (χ0v) is 9.37. The zero-order valence-electron chi connectivity index (χ0n) is 8.55. The predicted octanol–water partition coefficient (Wildman–Crippen LogP) is 2.95. The van der Waals surface area contributed by atoms with E-state index in [9.17, 15) is 5.11 Å². The quantitative estimate of drug-likeness (QED) is 0.805. The van der Waals surface area contributed by atoms with Gasteiger partial charge in [0.2, 0.25) is 0 Å². The van der Waals surface area contributed by atoms with E-state index in [1.807, 2.05) is 24.3 Å². The second-order valence-corrected chi connectivity index (χ2v) is 4.58. The lowest BCUT2D eigenvalue weighted by molar-refractivity contribution is 0.179. The molecule has 1 aromatic heterocycles. The summed E-state index contributed by atoms with van der Waals surface area (Å²) in [5.74, 6) is -0.0672. The topological polar surface area (TPSA) is 33.1 Å². The van der Waals surface area contributed by atoms with E-state index in [0.717, 1.165) is 15.2 Å². The lowest BCUT2D eigenvalue weighted by Gasteiger charge is -2.11. The van der Waals surface area contributed by atoms with E-state index in [1.165, 1.54) is 0 Å². The molecule has 3 heteroatoms. The Labute approximate surface area is 92.9 Å². The molecule has 0 spiro atoms. The molecule has 15 heavy (non-hydrogen) atoms. The van der Waals surface area contributed by atoms with Crippen LogP contribution >= 0.6 is 11.3 Å². The van der Waals surface area contributed by atoms with Gasteiger partial charge in [0.15, 0.2) is 0 Å². The average molecular weight is 219 g/mol. The number of fused-ring (bicyclic) bond motifs is 1. The van der Waals surface area contributed by atoms with Gasteiger partial charge in [0.1, 0.15) is 5.01 Å². The molecule has 0 bridgehead atoms. The molecule has 1 heterocycles. The first kappa shape index (κ1) is 10.3. The van der Waals surface area contributed by atoms with Crippen LogP contribution in [0.5, 0.6) is 0 Å².